The minimum atomic E-state index is -1.12. The molecule has 0 radical (unpaired) electrons. The minimum absolute atomic E-state index is 0.165. The van der Waals surface area contributed by atoms with Gasteiger partial charge in [0.25, 0.3) is 0 Å². The molecule has 39 heavy (non-hydrogen) atoms. The number of thioether (sulfide) groups is 1. The van der Waals surface area contributed by atoms with Gasteiger partial charge in [0.05, 0.1) is 7.11 Å². The van der Waals surface area contributed by atoms with Crippen LogP contribution in [0.25, 0.3) is 0 Å². The molecule has 0 aromatic heterocycles. The van der Waals surface area contributed by atoms with Crippen LogP contribution in [0.2, 0.25) is 0 Å². The second-order valence-corrected chi connectivity index (χ2v) is 12.4. The first kappa shape index (κ1) is 32.2. The number of ether oxygens (including phenoxy) is 3. The largest absolute Gasteiger partial charge is 0.467 e. The summed E-state index contributed by atoms with van der Waals surface area (Å²) in [5.74, 6) is -0.556. The number of rotatable bonds is 12. The van der Waals surface area contributed by atoms with Crippen LogP contribution in [-0.4, -0.2) is 59.4 Å². The van der Waals surface area contributed by atoms with Crippen molar-refractivity contribution in [3.8, 4) is 0 Å². The van der Waals surface area contributed by atoms with Crippen LogP contribution >= 0.6 is 11.8 Å². The van der Waals surface area contributed by atoms with Crippen LogP contribution in [0.15, 0.2) is 60.7 Å². The van der Waals surface area contributed by atoms with E-state index in [-0.39, 0.29) is 11.5 Å². The predicted octanol–water partition coefficient (Wildman–Crippen LogP) is 4.90. The number of benzene rings is 2. The highest BCUT2D eigenvalue weighted by molar-refractivity contribution is 7.99. The zero-order chi connectivity index (χ0) is 29.1. The lowest BCUT2D eigenvalue weighted by molar-refractivity contribution is -0.162. The van der Waals surface area contributed by atoms with Gasteiger partial charge in [-0.05, 0) is 52.7 Å². The van der Waals surface area contributed by atoms with Crippen molar-refractivity contribution in [1.82, 2.24) is 10.6 Å². The maximum Gasteiger partial charge on any atom is 0.408 e. The second kappa shape index (κ2) is 14.4. The lowest BCUT2D eigenvalue weighted by atomic mass is 9.91. The zero-order valence-electron chi connectivity index (χ0n) is 24.0. The van der Waals surface area contributed by atoms with E-state index in [0.29, 0.717) is 13.0 Å². The number of carbonyl (C=O) groups excluding carboxylic acids is 3. The van der Waals surface area contributed by atoms with E-state index in [0.717, 1.165) is 11.1 Å². The number of carbonyl (C=O) groups is 3. The maximum absolute atomic E-state index is 13.8. The van der Waals surface area contributed by atoms with Crippen LogP contribution in [0.3, 0.4) is 0 Å². The van der Waals surface area contributed by atoms with Gasteiger partial charge in [0.15, 0.2) is 0 Å². The van der Waals surface area contributed by atoms with Gasteiger partial charge in [-0.1, -0.05) is 60.7 Å². The highest BCUT2D eigenvalue weighted by Crippen LogP contribution is 2.25. The second-order valence-electron chi connectivity index (χ2n) is 11.3. The molecular formula is C30H42N2O6S. The molecule has 0 fully saturated rings. The molecule has 214 valence electrons. The maximum atomic E-state index is 13.8. The molecule has 0 aliphatic rings. The topological polar surface area (TPSA) is 103 Å². The van der Waals surface area contributed by atoms with Gasteiger partial charge >= 0.3 is 18.0 Å². The van der Waals surface area contributed by atoms with E-state index < -0.39 is 40.8 Å². The molecule has 2 aromatic rings. The Balaban J connectivity index is 2.33. The Morgan fingerprint density at radius 1 is 0.821 bits per heavy atom. The van der Waals surface area contributed by atoms with Crippen LogP contribution < -0.4 is 10.6 Å². The summed E-state index contributed by atoms with van der Waals surface area (Å²) in [6, 6.07) is 18.6. The van der Waals surface area contributed by atoms with Crippen molar-refractivity contribution in [2.45, 2.75) is 77.3 Å². The lowest BCUT2D eigenvalue weighted by Crippen LogP contribution is -2.58. The highest BCUT2D eigenvalue weighted by Gasteiger charge is 2.42. The third-order valence-corrected chi connectivity index (χ3v) is 6.69. The van der Waals surface area contributed by atoms with Crippen molar-refractivity contribution in [1.29, 1.82) is 0 Å². The Labute approximate surface area is 236 Å². The van der Waals surface area contributed by atoms with Gasteiger partial charge in [0.2, 0.25) is 0 Å². The minimum Gasteiger partial charge on any atom is -0.467 e. The van der Waals surface area contributed by atoms with Crippen molar-refractivity contribution in [3.63, 3.8) is 0 Å². The van der Waals surface area contributed by atoms with Gasteiger partial charge in [-0.25, -0.2) is 14.4 Å². The van der Waals surface area contributed by atoms with Crippen molar-refractivity contribution in [3.05, 3.63) is 71.8 Å². The smallest absolute Gasteiger partial charge is 0.408 e. The normalized spacial score (nSPS) is 14.0. The lowest BCUT2D eigenvalue weighted by Gasteiger charge is -2.36. The van der Waals surface area contributed by atoms with Crippen molar-refractivity contribution < 1.29 is 28.6 Å². The molecule has 0 saturated heterocycles. The zero-order valence-corrected chi connectivity index (χ0v) is 24.9. The quantitative estimate of drug-likeness (QED) is 0.280. The molecule has 2 aromatic carbocycles. The van der Waals surface area contributed by atoms with Gasteiger partial charge in [0, 0.05) is 24.5 Å². The number of amides is 1. The van der Waals surface area contributed by atoms with Gasteiger partial charge in [0.1, 0.15) is 22.8 Å². The van der Waals surface area contributed by atoms with E-state index in [4.69, 9.17) is 14.2 Å². The molecule has 0 spiro atoms. The molecule has 1 unspecified atom stereocenters. The molecule has 0 aliphatic carbocycles. The molecule has 1 amide bonds. The summed E-state index contributed by atoms with van der Waals surface area (Å²) in [7, 11) is 1.26. The first-order valence-electron chi connectivity index (χ1n) is 12.9. The van der Waals surface area contributed by atoms with Crippen LogP contribution in [0.1, 0.15) is 52.7 Å². The molecule has 2 atom stereocenters. The molecule has 0 bridgehead atoms. The number of hydrogen-bond acceptors (Lipinski definition) is 8. The van der Waals surface area contributed by atoms with E-state index in [2.05, 4.69) is 10.6 Å². The number of nitrogens with one attached hydrogen (secondary N) is 2. The number of esters is 2. The molecule has 2 rings (SSSR count). The fourth-order valence-electron chi connectivity index (χ4n) is 3.67. The summed E-state index contributed by atoms with van der Waals surface area (Å²) in [4.78, 5) is 38.7. The summed E-state index contributed by atoms with van der Waals surface area (Å²) in [6.45, 7) is 11.2. The molecule has 9 heteroatoms. The summed E-state index contributed by atoms with van der Waals surface area (Å²) in [6.07, 6.45) is -0.353. The van der Waals surface area contributed by atoms with Crippen molar-refractivity contribution in [2.75, 3.05) is 18.6 Å². The Bertz CT molecular complexity index is 1070. The SMILES string of the molecule is COC(=O)[C@H](CSCC(Cc1ccccc1)(NCc1ccccc1)C(=O)OC(C)(C)C)NC(=O)OC(C)(C)C. The van der Waals surface area contributed by atoms with Crippen LogP contribution in [0.5, 0.6) is 0 Å². The third kappa shape index (κ3) is 11.7. The van der Waals surface area contributed by atoms with Gasteiger partial charge in [-0.2, -0.15) is 11.8 Å². The van der Waals surface area contributed by atoms with E-state index >= 15 is 0 Å². The van der Waals surface area contributed by atoms with E-state index in [1.54, 1.807) is 20.8 Å². The average molecular weight is 559 g/mol. The standard InChI is InChI=1S/C30H42N2O6S/c1-28(2,3)37-26(34)30(18-22-14-10-8-11-15-22,31-19-23-16-12-9-13-17-23)21-39-20-24(25(33)36-7)32-27(35)38-29(4,5)6/h8-17,24,31H,18-21H2,1-7H3,(H,32,35)/t24-,30?/m0/s1. The van der Waals surface area contributed by atoms with Crippen molar-refractivity contribution >= 4 is 29.8 Å². The van der Waals surface area contributed by atoms with Gasteiger partial charge in [-0.15, -0.1) is 0 Å². The summed E-state index contributed by atoms with van der Waals surface area (Å²) < 4.78 is 16.1. The summed E-state index contributed by atoms with van der Waals surface area (Å²) in [5.41, 5.74) is -0.573. The third-order valence-electron chi connectivity index (χ3n) is 5.42. The number of methoxy groups -OCH3 is 1. The van der Waals surface area contributed by atoms with Crippen LogP contribution in [0.4, 0.5) is 4.79 Å². The van der Waals surface area contributed by atoms with Crippen molar-refractivity contribution in [2.24, 2.45) is 0 Å². The molecule has 0 heterocycles. The Hall–Kier alpha value is -3.04. The summed E-state index contributed by atoms with van der Waals surface area (Å²) >= 11 is 1.35. The summed E-state index contributed by atoms with van der Waals surface area (Å²) in [5, 5.41) is 6.08. The monoisotopic (exact) mass is 558 g/mol. The molecule has 2 N–H and O–H groups in total. The molecule has 8 nitrogen and oxygen atoms in total. The van der Waals surface area contributed by atoms with E-state index in [1.807, 2.05) is 81.4 Å². The molecular weight excluding hydrogens is 516 g/mol. The highest BCUT2D eigenvalue weighted by atomic mass is 32.2. The molecule has 0 aliphatic heterocycles. The fraction of sp³-hybridized carbons (Fsp3) is 0.500. The fourth-order valence-corrected chi connectivity index (χ4v) is 4.91. The first-order chi connectivity index (χ1) is 18.2. The first-order valence-corrected chi connectivity index (χ1v) is 14.1. The molecule has 0 saturated carbocycles. The number of hydrogen-bond donors (Lipinski definition) is 2. The van der Waals surface area contributed by atoms with Gasteiger partial charge in [-0.3, -0.25) is 5.32 Å². The van der Waals surface area contributed by atoms with Crippen LogP contribution in [0, 0.1) is 0 Å². The predicted molar refractivity (Wildman–Crippen MR) is 155 cm³/mol. The Morgan fingerprint density at radius 2 is 1.36 bits per heavy atom. The van der Waals surface area contributed by atoms with E-state index in [9.17, 15) is 14.4 Å². The Kier molecular flexibility index (Phi) is 11.9. The Morgan fingerprint density at radius 3 is 1.87 bits per heavy atom. The average Bonchev–Trinajstić information content (AvgIpc) is 2.85. The van der Waals surface area contributed by atoms with Gasteiger partial charge < -0.3 is 19.5 Å². The number of alkyl carbamates (subject to hydrolysis) is 1. The van der Waals surface area contributed by atoms with Crippen LogP contribution in [-0.2, 0) is 36.8 Å². The van der Waals surface area contributed by atoms with E-state index in [1.165, 1.54) is 18.9 Å².